The first kappa shape index (κ1) is 13.3. The number of hydrogen-bond acceptors (Lipinski definition) is 2. The van der Waals surface area contributed by atoms with Crippen molar-refractivity contribution in [1.29, 1.82) is 0 Å². The fourth-order valence-corrected chi connectivity index (χ4v) is 1.87. The number of unbranched alkanes of at least 4 members (excludes halogenated alkanes) is 1. The number of aromatic nitrogens is 2. The zero-order chi connectivity index (χ0) is 13.7. The van der Waals surface area contributed by atoms with E-state index in [4.69, 9.17) is 0 Å². The van der Waals surface area contributed by atoms with Crippen molar-refractivity contribution < 1.29 is 4.79 Å². The molecule has 0 spiro atoms. The first-order valence-electron chi connectivity index (χ1n) is 6.58. The largest absolute Gasteiger partial charge is 0.342 e. The van der Waals surface area contributed by atoms with Gasteiger partial charge in [-0.2, -0.15) is 5.10 Å². The third-order valence-electron chi connectivity index (χ3n) is 3.04. The molecule has 0 unspecified atom stereocenters. The summed E-state index contributed by atoms with van der Waals surface area (Å²) >= 11 is 0. The molecule has 0 atom stereocenters. The monoisotopic (exact) mass is 257 g/mol. The Labute approximate surface area is 113 Å². The van der Waals surface area contributed by atoms with Crippen molar-refractivity contribution in [3.63, 3.8) is 0 Å². The summed E-state index contributed by atoms with van der Waals surface area (Å²) in [5.74, 6) is 0.0237. The molecule has 2 aromatic rings. The summed E-state index contributed by atoms with van der Waals surface area (Å²) in [5.41, 5.74) is 1.58. The normalized spacial score (nSPS) is 10.4. The fourth-order valence-electron chi connectivity index (χ4n) is 1.87. The van der Waals surface area contributed by atoms with Crippen molar-refractivity contribution in [2.24, 2.45) is 0 Å². The van der Waals surface area contributed by atoms with E-state index in [2.05, 4.69) is 12.0 Å². The number of nitrogens with zero attached hydrogens (tertiary/aromatic N) is 3. The highest BCUT2D eigenvalue weighted by Gasteiger charge is 2.13. The van der Waals surface area contributed by atoms with E-state index in [9.17, 15) is 4.79 Å². The van der Waals surface area contributed by atoms with E-state index >= 15 is 0 Å². The SMILES string of the molecule is CCCCN(C)C(=O)c1cnn(-c2ccccc2)c1. The van der Waals surface area contributed by atoms with Crippen molar-refractivity contribution in [1.82, 2.24) is 14.7 Å². The van der Waals surface area contributed by atoms with Crippen molar-refractivity contribution in [3.8, 4) is 5.69 Å². The molecule has 1 aromatic carbocycles. The van der Waals surface area contributed by atoms with Crippen molar-refractivity contribution in [2.45, 2.75) is 19.8 Å². The van der Waals surface area contributed by atoms with Crippen molar-refractivity contribution >= 4 is 5.91 Å². The van der Waals surface area contributed by atoms with E-state index < -0.39 is 0 Å². The number of benzene rings is 1. The lowest BCUT2D eigenvalue weighted by atomic mass is 10.2. The highest BCUT2D eigenvalue weighted by molar-refractivity contribution is 5.93. The van der Waals surface area contributed by atoms with Gasteiger partial charge < -0.3 is 4.90 Å². The summed E-state index contributed by atoms with van der Waals surface area (Å²) in [4.78, 5) is 13.9. The lowest BCUT2D eigenvalue weighted by molar-refractivity contribution is 0.0793. The number of hydrogen-bond donors (Lipinski definition) is 0. The first-order chi connectivity index (χ1) is 9.22. The number of carbonyl (C=O) groups excluding carboxylic acids is 1. The molecule has 0 bridgehead atoms. The van der Waals surface area contributed by atoms with Crippen LogP contribution in [-0.2, 0) is 0 Å². The third kappa shape index (κ3) is 3.22. The maximum absolute atomic E-state index is 12.2. The van der Waals surface area contributed by atoms with Gasteiger partial charge in [0.2, 0.25) is 0 Å². The minimum atomic E-state index is 0.0237. The Kier molecular flexibility index (Phi) is 4.34. The molecule has 2 rings (SSSR count). The summed E-state index contributed by atoms with van der Waals surface area (Å²) in [6.07, 6.45) is 5.51. The molecule has 4 nitrogen and oxygen atoms in total. The van der Waals surface area contributed by atoms with Gasteiger partial charge in [-0.05, 0) is 18.6 Å². The number of para-hydroxylation sites is 1. The van der Waals surface area contributed by atoms with E-state index in [0.717, 1.165) is 25.1 Å². The molecule has 100 valence electrons. The molecule has 1 amide bonds. The second-order valence-electron chi connectivity index (χ2n) is 4.59. The van der Waals surface area contributed by atoms with Gasteiger partial charge in [0.15, 0.2) is 0 Å². The summed E-state index contributed by atoms with van der Waals surface area (Å²) in [6, 6.07) is 9.78. The van der Waals surface area contributed by atoms with Crippen LogP contribution >= 0.6 is 0 Å². The van der Waals surface area contributed by atoms with Gasteiger partial charge in [-0.3, -0.25) is 4.79 Å². The number of carbonyl (C=O) groups is 1. The van der Waals surface area contributed by atoms with Gasteiger partial charge in [0, 0.05) is 19.8 Å². The van der Waals surface area contributed by atoms with Gasteiger partial charge in [0.1, 0.15) is 0 Å². The second kappa shape index (κ2) is 6.18. The van der Waals surface area contributed by atoms with Crippen molar-refractivity contribution in [2.75, 3.05) is 13.6 Å². The van der Waals surface area contributed by atoms with E-state index in [1.165, 1.54) is 0 Å². The first-order valence-corrected chi connectivity index (χ1v) is 6.58. The molecule has 0 N–H and O–H groups in total. The third-order valence-corrected chi connectivity index (χ3v) is 3.04. The molecule has 0 aliphatic rings. The highest BCUT2D eigenvalue weighted by Crippen LogP contribution is 2.09. The number of amides is 1. The molecule has 0 radical (unpaired) electrons. The van der Waals surface area contributed by atoms with Gasteiger partial charge in [0.05, 0.1) is 17.4 Å². The van der Waals surface area contributed by atoms with Crippen LogP contribution in [-0.4, -0.2) is 34.2 Å². The topological polar surface area (TPSA) is 38.1 Å². The Balaban J connectivity index is 2.11. The average molecular weight is 257 g/mol. The molecule has 4 heteroatoms. The Morgan fingerprint density at radius 1 is 1.32 bits per heavy atom. The van der Waals surface area contributed by atoms with Crippen LogP contribution in [0.1, 0.15) is 30.1 Å². The molecule has 1 heterocycles. The molecule has 0 aliphatic carbocycles. The summed E-state index contributed by atoms with van der Waals surface area (Å²) < 4.78 is 1.72. The van der Waals surface area contributed by atoms with Crippen LogP contribution in [0.3, 0.4) is 0 Å². The molecule has 0 saturated heterocycles. The number of rotatable bonds is 5. The van der Waals surface area contributed by atoms with Crippen LogP contribution in [0.2, 0.25) is 0 Å². The summed E-state index contributed by atoms with van der Waals surface area (Å²) in [7, 11) is 1.83. The molecule has 0 fully saturated rings. The zero-order valence-corrected chi connectivity index (χ0v) is 11.4. The van der Waals surface area contributed by atoms with E-state index in [0.29, 0.717) is 5.56 Å². The molecule has 0 saturated carbocycles. The minimum absolute atomic E-state index is 0.0237. The average Bonchev–Trinajstić information content (AvgIpc) is 2.94. The standard InChI is InChI=1S/C15H19N3O/c1-3-4-10-17(2)15(19)13-11-16-18(12-13)14-8-6-5-7-9-14/h5-9,11-12H,3-4,10H2,1-2H3. The van der Waals surface area contributed by atoms with Gasteiger partial charge >= 0.3 is 0 Å². The molecule has 19 heavy (non-hydrogen) atoms. The van der Waals surface area contributed by atoms with E-state index in [1.54, 1.807) is 22.0 Å². The van der Waals surface area contributed by atoms with Gasteiger partial charge in [-0.15, -0.1) is 0 Å². The molecular weight excluding hydrogens is 238 g/mol. The van der Waals surface area contributed by atoms with E-state index in [-0.39, 0.29) is 5.91 Å². The molecular formula is C15H19N3O. The summed E-state index contributed by atoms with van der Waals surface area (Å²) in [6.45, 7) is 2.90. The Morgan fingerprint density at radius 3 is 2.74 bits per heavy atom. The Bertz CT molecular complexity index is 533. The second-order valence-corrected chi connectivity index (χ2v) is 4.59. The lowest BCUT2D eigenvalue weighted by Gasteiger charge is -2.15. The van der Waals surface area contributed by atoms with Gasteiger partial charge in [0.25, 0.3) is 5.91 Å². The van der Waals surface area contributed by atoms with Crippen molar-refractivity contribution in [3.05, 3.63) is 48.3 Å². The van der Waals surface area contributed by atoms with Crippen LogP contribution < -0.4 is 0 Å². The minimum Gasteiger partial charge on any atom is -0.342 e. The molecule has 1 aromatic heterocycles. The van der Waals surface area contributed by atoms with Crippen LogP contribution in [0.25, 0.3) is 5.69 Å². The van der Waals surface area contributed by atoms with Crippen LogP contribution in [0.4, 0.5) is 0 Å². The maximum Gasteiger partial charge on any atom is 0.256 e. The highest BCUT2D eigenvalue weighted by atomic mass is 16.2. The van der Waals surface area contributed by atoms with E-state index in [1.807, 2.05) is 37.4 Å². The lowest BCUT2D eigenvalue weighted by Crippen LogP contribution is -2.27. The Morgan fingerprint density at radius 2 is 2.05 bits per heavy atom. The predicted octanol–water partition coefficient (Wildman–Crippen LogP) is 2.74. The maximum atomic E-state index is 12.2. The molecule has 0 aliphatic heterocycles. The summed E-state index contributed by atoms with van der Waals surface area (Å²) in [5, 5.41) is 4.24. The van der Waals surface area contributed by atoms with Crippen LogP contribution in [0.5, 0.6) is 0 Å². The van der Waals surface area contributed by atoms with Gasteiger partial charge in [-0.25, -0.2) is 4.68 Å². The quantitative estimate of drug-likeness (QED) is 0.826. The van der Waals surface area contributed by atoms with Crippen LogP contribution in [0.15, 0.2) is 42.7 Å². The smallest absolute Gasteiger partial charge is 0.256 e. The van der Waals surface area contributed by atoms with Crippen LogP contribution in [0, 0.1) is 0 Å². The fraction of sp³-hybridized carbons (Fsp3) is 0.333. The zero-order valence-electron chi connectivity index (χ0n) is 11.4. The predicted molar refractivity (Wildman–Crippen MR) is 75.4 cm³/mol. The van der Waals surface area contributed by atoms with Gasteiger partial charge in [-0.1, -0.05) is 31.5 Å². The Hall–Kier alpha value is -2.10.